The Bertz CT molecular complexity index is 948. The summed E-state index contributed by atoms with van der Waals surface area (Å²) in [6, 6.07) is 6.53. The zero-order valence-electron chi connectivity index (χ0n) is 15.8. The number of H-pyrrole nitrogens is 1. The maximum atomic E-state index is 12.8. The number of nitrogens with zero attached hydrogens (tertiary/aromatic N) is 2. The molecule has 10 heteroatoms. The molecule has 0 saturated carbocycles. The minimum Gasteiger partial charge on any atom is -0.507 e. The highest BCUT2D eigenvalue weighted by molar-refractivity contribution is 7.93. The smallest absolute Gasteiger partial charge is 0.249 e. The molecule has 0 aliphatic carbocycles. The van der Waals surface area contributed by atoms with Gasteiger partial charge in [-0.1, -0.05) is 12.1 Å². The lowest BCUT2D eigenvalue weighted by atomic mass is 10.1. The van der Waals surface area contributed by atoms with Crippen LogP contribution in [0.1, 0.15) is 33.1 Å². The number of hydrogen-bond acceptors (Lipinski definition) is 7. The molecule has 1 aliphatic heterocycles. The van der Waals surface area contributed by atoms with Crippen molar-refractivity contribution >= 4 is 21.7 Å². The van der Waals surface area contributed by atoms with Gasteiger partial charge in [-0.2, -0.15) is 4.98 Å². The van der Waals surface area contributed by atoms with Gasteiger partial charge in [-0.3, -0.25) is 15.2 Å². The van der Waals surface area contributed by atoms with Crippen LogP contribution < -0.4 is 5.32 Å². The summed E-state index contributed by atoms with van der Waals surface area (Å²) in [5.74, 6) is -0.743. The molecule has 1 saturated heterocycles. The number of ether oxygens (including phenoxy) is 1. The van der Waals surface area contributed by atoms with E-state index in [9.17, 15) is 18.3 Å². The van der Waals surface area contributed by atoms with Gasteiger partial charge in [-0.25, -0.2) is 8.42 Å². The van der Waals surface area contributed by atoms with Crippen molar-refractivity contribution in [2.75, 3.05) is 17.7 Å². The van der Waals surface area contributed by atoms with Crippen LogP contribution in [0.2, 0.25) is 0 Å². The third kappa shape index (κ3) is 4.17. The first kappa shape index (κ1) is 20.3. The van der Waals surface area contributed by atoms with Gasteiger partial charge in [0.05, 0.1) is 17.4 Å². The van der Waals surface area contributed by atoms with Crippen LogP contribution in [0.25, 0.3) is 11.4 Å². The highest BCUT2D eigenvalue weighted by Crippen LogP contribution is 2.27. The largest absolute Gasteiger partial charge is 0.507 e. The average molecular weight is 408 g/mol. The van der Waals surface area contributed by atoms with Crippen molar-refractivity contribution in [3.05, 3.63) is 24.3 Å². The van der Waals surface area contributed by atoms with E-state index in [4.69, 9.17) is 4.74 Å². The molecule has 3 N–H and O–H groups in total. The Kier molecular flexibility index (Phi) is 5.71. The number of phenolic OH excluding ortho intramolecular Hbond substituents is 1. The molecule has 152 valence electrons. The zero-order valence-corrected chi connectivity index (χ0v) is 16.6. The number of benzene rings is 1. The van der Waals surface area contributed by atoms with E-state index in [0.29, 0.717) is 18.6 Å². The molecule has 0 spiro atoms. The Morgan fingerprint density at radius 2 is 2.11 bits per heavy atom. The number of carbonyl (C=O) groups excluding carboxylic acids is 1. The van der Waals surface area contributed by atoms with Crippen LogP contribution in [0.5, 0.6) is 5.75 Å². The van der Waals surface area contributed by atoms with Crippen molar-refractivity contribution in [2.45, 2.75) is 44.0 Å². The quantitative estimate of drug-likeness (QED) is 0.664. The summed E-state index contributed by atoms with van der Waals surface area (Å²) in [4.78, 5) is 16.8. The molecule has 1 aliphatic rings. The van der Waals surface area contributed by atoms with Crippen molar-refractivity contribution in [1.82, 2.24) is 15.2 Å². The van der Waals surface area contributed by atoms with Gasteiger partial charge in [0.1, 0.15) is 10.5 Å². The number of aromatic amines is 1. The molecule has 28 heavy (non-hydrogen) atoms. The molecule has 1 aromatic carbocycles. The van der Waals surface area contributed by atoms with Crippen LogP contribution in [-0.2, 0) is 19.4 Å². The molecule has 1 amide bonds. The van der Waals surface area contributed by atoms with E-state index in [2.05, 4.69) is 20.5 Å². The number of anilines is 1. The molecule has 0 bridgehead atoms. The number of nitrogens with one attached hydrogen (secondary N) is 2. The van der Waals surface area contributed by atoms with Crippen LogP contribution >= 0.6 is 0 Å². The monoisotopic (exact) mass is 408 g/mol. The molecule has 1 atom stereocenters. The van der Waals surface area contributed by atoms with Crippen molar-refractivity contribution in [3.8, 4) is 17.1 Å². The Balaban J connectivity index is 1.72. The van der Waals surface area contributed by atoms with Gasteiger partial charge in [0.15, 0.2) is 15.7 Å². The fraction of sp³-hybridized carbons (Fsp3) is 0.500. The summed E-state index contributed by atoms with van der Waals surface area (Å²) < 4.78 is 29.4. The van der Waals surface area contributed by atoms with Crippen molar-refractivity contribution in [2.24, 2.45) is 0 Å². The second-order valence-electron chi connectivity index (χ2n) is 7.26. The lowest BCUT2D eigenvalue weighted by Crippen LogP contribution is -2.48. The van der Waals surface area contributed by atoms with E-state index in [0.717, 1.165) is 12.8 Å². The zero-order chi connectivity index (χ0) is 20.4. The molecule has 9 nitrogen and oxygen atoms in total. The Labute approximate surface area is 163 Å². The van der Waals surface area contributed by atoms with Crippen LogP contribution in [0.3, 0.4) is 0 Å². The third-order valence-corrected chi connectivity index (χ3v) is 7.42. The summed E-state index contributed by atoms with van der Waals surface area (Å²) in [6.45, 7) is 3.26. The number of amides is 1. The van der Waals surface area contributed by atoms with E-state index in [1.165, 1.54) is 19.9 Å². The number of rotatable bonds is 6. The lowest BCUT2D eigenvalue weighted by molar-refractivity contribution is -0.117. The number of phenols is 1. The first-order valence-electron chi connectivity index (χ1n) is 9.07. The predicted molar refractivity (Wildman–Crippen MR) is 104 cm³/mol. The minimum absolute atomic E-state index is 0.00640. The fourth-order valence-electron chi connectivity index (χ4n) is 2.90. The maximum absolute atomic E-state index is 12.8. The molecule has 1 aromatic heterocycles. The normalized spacial score (nSPS) is 18.0. The number of sulfone groups is 1. The molecule has 0 radical (unpaired) electrons. The van der Waals surface area contributed by atoms with Gasteiger partial charge < -0.3 is 9.84 Å². The van der Waals surface area contributed by atoms with E-state index in [-0.39, 0.29) is 29.4 Å². The lowest BCUT2D eigenvalue weighted by Gasteiger charge is -2.28. The summed E-state index contributed by atoms with van der Waals surface area (Å²) in [5, 5.41) is 18.8. The van der Waals surface area contributed by atoms with Crippen molar-refractivity contribution in [1.29, 1.82) is 0 Å². The van der Waals surface area contributed by atoms with Crippen LogP contribution in [0.4, 0.5) is 5.95 Å². The van der Waals surface area contributed by atoms with Crippen molar-refractivity contribution in [3.63, 3.8) is 0 Å². The Morgan fingerprint density at radius 1 is 1.36 bits per heavy atom. The first-order chi connectivity index (χ1) is 13.2. The number of aromatic nitrogens is 3. The topological polar surface area (TPSA) is 134 Å². The minimum atomic E-state index is -3.77. The van der Waals surface area contributed by atoms with E-state index in [1.54, 1.807) is 18.2 Å². The van der Waals surface area contributed by atoms with Gasteiger partial charge in [0.2, 0.25) is 11.9 Å². The molecule has 2 aromatic rings. The number of carbonyl (C=O) groups is 1. The van der Waals surface area contributed by atoms with Gasteiger partial charge in [-0.05, 0) is 45.2 Å². The number of aromatic hydroxyl groups is 1. The van der Waals surface area contributed by atoms with Gasteiger partial charge in [0.25, 0.3) is 0 Å². The second kappa shape index (κ2) is 7.88. The second-order valence-corrected chi connectivity index (χ2v) is 9.84. The first-order valence-corrected chi connectivity index (χ1v) is 10.7. The van der Waals surface area contributed by atoms with E-state index in [1.807, 2.05) is 0 Å². The molecule has 1 fully saturated rings. The maximum Gasteiger partial charge on any atom is 0.249 e. The summed E-state index contributed by atoms with van der Waals surface area (Å²) >= 11 is 0. The fourth-order valence-corrected chi connectivity index (χ4v) is 4.40. The summed E-state index contributed by atoms with van der Waals surface area (Å²) in [5.41, 5.74) is 0.414. The van der Waals surface area contributed by atoms with E-state index >= 15 is 0 Å². The summed E-state index contributed by atoms with van der Waals surface area (Å²) in [7, 11) is -3.77. The molecule has 0 unspecified atom stereocenters. The number of hydrogen-bond donors (Lipinski definition) is 3. The predicted octanol–water partition coefficient (Wildman–Crippen LogP) is 1.88. The molecule has 3 rings (SSSR count). The molecular weight excluding hydrogens is 384 g/mol. The van der Waals surface area contributed by atoms with Crippen molar-refractivity contribution < 1.29 is 23.1 Å². The van der Waals surface area contributed by atoms with Crippen LogP contribution in [-0.4, -0.2) is 57.8 Å². The Hall–Kier alpha value is -2.46. The average Bonchev–Trinajstić information content (AvgIpc) is 3.10. The highest BCUT2D eigenvalue weighted by atomic mass is 32.2. The molecule has 2 heterocycles. The van der Waals surface area contributed by atoms with Crippen LogP contribution in [0, 0.1) is 0 Å². The number of para-hydroxylation sites is 1. The van der Waals surface area contributed by atoms with Gasteiger partial charge in [0, 0.05) is 6.61 Å². The Morgan fingerprint density at radius 3 is 2.79 bits per heavy atom. The third-order valence-electron chi connectivity index (χ3n) is 4.87. The van der Waals surface area contributed by atoms with E-state index < -0.39 is 20.5 Å². The SMILES string of the molecule is CC(C)(C(=O)Nc1n[nH]c(-c2ccccc2O)n1)S(=O)(=O)C[C@H]1CCCCO1. The summed E-state index contributed by atoms with van der Waals surface area (Å²) in [6.07, 6.45) is 2.12. The molecular formula is C18H24N4O5S. The van der Waals surface area contributed by atoms with Gasteiger partial charge >= 0.3 is 0 Å². The highest BCUT2D eigenvalue weighted by Gasteiger charge is 2.43. The van der Waals surface area contributed by atoms with Gasteiger partial charge in [-0.15, -0.1) is 5.10 Å². The van der Waals surface area contributed by atoms with Crippen LogP contribution in [0.15, 0.2) is 24.3 Å². The standard InChI is InChI=1S/C18H24N4O5S/c1-18(2,28(25,26)11-12-7-5-6-10-27-12)16(24)20-17-19-15(21-22-17)13-8-3-4-9-14(13)23/h3-4,8-9,12,23H,5-7,10-11H2,1-2H3,(H2,19,20,21,22,24)/t12-/m1/s1.